The van der Waals surface area contributed by atoms with Crippen molar-refractivity contribution >= 4 is 27.9 Å². The molecule has 1 saturated carbocycles. The molecular weight excluding hydrogens is 398 g/mol. The normalized spacial score (nSPS) is 14.9. The summed E-state index contributed by atoms with van der Waals surface area (Å²) in [4.78, 5) is 36.2. The van der Waals surface area contributed by atoms with Gasteiger partial charge in [-0.2, -0.15) is 4.31 Å². The summed E-state index contributed by atoms with van der Waals surface area (Å²) >= 11 is 0. The van der Waals surface area contributed by atoms with Crippen molar-refractivity contribution in [3.05, 3.63) is 29.3 Å². The lowest BCUT2D eigenvalue weighted by atomic mass is 10.1. The van der Waals surface area contributed by atoms with Crippen LogP contribution in [-0.2, 0) is 19.6 Å². The van der Waals surface area contributed by atoms with Crippen molar-refractivity contribution in [1.82, 2.24) is 14.9 Å². The Morgan fingerprint density at radius 2 is 1.83 bits per heavy atom. The Morgan fingerprint density at radius 1 is 1.21 bits per heavy atom. The highest BCUT2D eigenvalue weighted by Crippen LogP contribution is 2.21. The van der Waals surface area contributed by atoms with E-state index in [0.29, 0.717) is 18.7 Å². The lowest BCUT2D eigenvalue weighted by molar-refractivity contribution is -0.127. The van der Waals surface area contributed by atoms with Crippen LogP contribution in [0.15, 0.2) is 23.1 Å². The van der Waals surface area contributed by atoms with E-state index in [0.717, 1.165) is 12.8 Å². The van der Waals surface area contributed by atoms with Crippen molar-refractivity contribution in [2.45, 2.75) is 57.6 Å². The maximum absolute atomic E-state index is 12.7. The van der Waals surface area contributed by atoms with E-state index in [1.165, 1.54) is 29.4 Å². The fourth-order valence-electron chi connectivity index (χ4n) is 2.63. The molecule has 29 heavy (non-hydrogen) atoms. The number of aryl methyl sites for hydroxylation is 1. The molecule has 0 radical (unpaired) electrons. The van der Waals surface area contributed by atoms with Gasteiger partial charge in [0.05, 0.1) is 10.5 Å². The molecule has 1 aliphatic carbocycles. The van der Waals surface area contributed by atoms with Crippen LogP contribution >= 0.6 is 0 Å². The summed E-state index contributed by atoms with van der Waals surface area (Å²) < 4.78 is 31.8. The second kappa shape index (κ2) is 9.36. The van der Waals surface area contributed by atoms with Crippen LogP contribution in [0.2, 0.25) is 0 Å². The zero-order chi connectivity index (χ0) is 21.8. The first kappa shape index (κ1) is 22.8. The van der Waals surface area contributed by atoms with Gasteiger partial charge >= 0.3 is 12.0 Å². The van der Waals surface area contributed by atoms with Crippen molar-refractivity contribution in [3.63, 3.8) is 0 Å². The van der Waals surface area contributed by atoms with Crippen molar-refractivity contribution in [3.8, 4) is 0 Å². The van der Waals surface area contributed by atoms with Crippen molar-refractivity contribution in [2.24, 2.45) is 0 Å². The minimum absolute atomic E-state index is 0.0281. The lowest BCUT2D eigenvalue weighted by Gasteiger charge is -2.19. The molecule has 1 aromatic rings. The van der Waals surface area contributed by atoms with Gasteiger partial charge in [-0.3, -0.25) is 10.1 Å². The first-order valence-corrected chi connectivity index (χ1v) is 11.0. The average molecular weight is 426 g/mol. The number of benzene rings is 1. The fraction of sp³-hybridized carbons (Fsp3) is 0.526. The Balaban J connectivity index is 2.11. The molecule has 2 rings (SSSR count). The Hall–Kier alpha value is -2.46. The van der Waals surface area contributed by atoms with E-state index in [9.17, 15) is 22.8 Å². The summed E-state index contributed by atoms with van der Waals surface area (Å²) in [5.41, 5.74) is 0.549. The van der Waals surface area contributed by atoms with E-state index in [4.69, 9.17) is 4.74 Å². The first-order chi connectivity index (χ1) is 13.6. The van der Waals surface area contributed by atoms with Crippen LogP contribution in [0.3, 0.4) is 0 Å². The van der Waals surface area contributed by atoms with E-state index in [1.807, 2.05) is 0 Å². The van der Waals surface area contributed by atoms with Crippen molar-refractivity contribution in [2.75, 3.05) is 13.1 Å². The number of esters is 1. The van der Waals surface area contributed by atoms with E-state index in [1.54, 1.807) is 20.8 Å². The van der Waals surface area contributed by atoms with E-state index >= 15 is 0 Å². The predicted octanol–water partition coefficient (Wildman–Crippen LogP) is 1.56. The minimum Gasteiger partial charge on any atom is -0.449 e. The van der Waals surface area contributed by atoms with E-state index in [2.05, 4.69) is 10.6 Å². The Morgan fingerprint density at radius 3 is 2.38 bits per heavy atom. The smallest absolute Gasteiger partial charge is 0.339 e. The highest BCUT2D eigenvalue weighted by molar-refractivity contribution is 7.89. The Labute approximate surface area is 170 Å². The van der Waals surface area contributed by atoms with Crippen LogP contribution in [0, 0.1) is 6.92 Å². The molecule has 0 spiro atoms. The summed E-state index contributed by atoms with van der Waals surface area (Å²) in [5.74, 6) is -1.61. The van der Waals surface area contributed by atoms with Crippen LogP contribution in [-0.4, -0.2) is 55.9 Å². The number of amides is 3. The van der Waals surface area contributed by atoms with Gasteiger partial charge in [0.15, 0.2) is 6.10 Å². The topological polar surface area (TPSA) is 122 Å². The summed E-state index contributed by atoms with van der Waals surface area (Å²) in [6.07, 6.45) is 0.519. The molecule has 0 aliphatic heterocycles. The van der Waals surface area contributed by atoms with Gasteiger partial charge in [0.1, 0.15) is 0 Å². The number of carbonyl (C=O) groups is 3. The minimum atomic E-state index is -3.75. The maximum Gasteiger partial charge on any atom is 0.339 e. The second-order valence-electron chi connectivity index (χ2n) is 6.85. The molecule has 0 saturated heterocycles. The number of imide groups is 1. The summed E-state index contributed by atoms with van der Waals surface area (Å²) in [6.45, 7) is 7.02. The molecule has 10 heteroatoms. The molecule has 2 N–H and O–H groups in total. The number of urea groups is 1. The van der Waals surface area contributed by atoms with Gasteiger partial charge in [-0.25, -0.2) is 18.0 Å². The van der Waals surface area contributed by atoms with Crippen molar-refractivity contribution < 1.29 is 27.5 Å². The standard InChI is InChI=1S/C19H27N3O6S/c1-5-22(6-2)29(26,27)15-10-7-12(3)16(11-15)18(24)28-13(4)17(23)21-19(25)20-14-8-9-14/h7,10-11,13-14H,5-6,8-9H2,1-4H3,(H2,20,21,23,25). The number of hydrogen-bond donors (Lipinski definition) is 2. The lowest BCUT2D eigenvalue weighted by Crippen LogP contribution is -2.45. The van der Waals surface area contributed by atoms with Crippen LogP contribution in [0.1, 0.15) is 49.5 Å². The molecule has 1 aliphatic rings. The van der Waals surface area contributed by atoms with Gasteiger partial charge in [0.25, 0.3) is 5.91 Å². The zero-order valence-electron chi connectivity index (χ0n) is 17.0. The molecule has 1 fully saturated rings. The maximum atomic E-state index is 12.7. The monoisotopic (exact) mass is 425 g/mol. The first-order valence-electron chi connectivity index (χ1n) is 9.53. The molecule has 0 aromatic heterocycles. The van der Waals surface area contributed by atoms with Crippen LogP contribution < -0.4 is 10.6 Å². The van der Waals surface area contributed by atoms with E-state index in [-0.39, 0.29) is 16.5 Å². The molecule has 1 aromatic carbocycles. The SMILES string of the molecule is CCN(CC)S(=O)(=O)c1ccc(C)c(C(=O)OC(C)C(=O)NC(=O)NC2CC2)c1. The summed E-state index contributed by atoms with van der Waals surface area (Å²) in [6, 6.07) is 3.64. The molecular formula is C19H27N3O6S. The number of rotatable bonds is 8. The average Bonchev–Trinajstić information content (AvgIpc) is 3.46. The highest BCUT2D eigenvalue weighted by atomic mass is 32.2. The van der Waals surface area contributed by atoms with Gasteiger partial charge in [-0.05, 0) is 44.4 Å². The van der Waals surface area contributed by atoms with Gasteiger partial charge in [0.2, 0.25) is 10.0 Å². The van der Waals surface area contributed by atoms with E-state index < -0.39 is 34.0 Å². The molecule has 1 atom stereocenters. The highest BCUT2D eigenvalue weighted by Gasteiger charge is 2.27. The van der Waals surface area contributed by atoms with Crippen LogP contribution in [0.5, 0.6) is 0 Å². The molecule has 160 valence electrons. The number of hydrogen-bond acceptors (Lipinski definition) is 6. The van der Waals surface area contributed by atoms with Crippen molar-refractivity contribution in [1.29, 1.82) is 0 Å². The molecule has 1 unspecified atom stereocenters. The quantitative estimate of drug-likeness (QED) is 0.610. The Kier molecular flexibility index (Phi) is 7.37. The molecule has 9 nitrogen and oxygen atoms in total. The molecule has 3 amide bonds. The Bertz CT molecular complexity index is 891. The van der Waals surface area contributed by atoms with Crippen LogP contribution in [0.25, 0.3) is 0 Å². The van der Waals surface area contributed by atoms with Gasteiger partial charge in [-0.1, -0.05) is 19.9 Å². The number of nitrogens with one attached hydrogen (secondary N) is 2. The third-order valence-electron chi connectivity index (χ3n) is 4.57. The second-order valence-corrected chi connectivity index (χ2v) is 8.79. The zero-order valence-corrected chi connectivity index (χ0v) is 17.8. The number of ether oxygens (including phenoxy) is 1. The molecule has 0 bridgehead atoms. The van der Waals surface area contributed by atoms with Crippen LogP contribution in [0.4, 0.5) is 4.79 Å². The number of sulfonamides is 1. The predicted molar refractivity (Wildman–Crippen MR) is 106 cm³/mol. The largest absolute Gasteiger partial charge is 0.449 e. The van der Waals surface area contributed by atoms with Gasteiger partial charge < -0.3 is 10.1 Å². The summed E-state index contributed by atoms with van der Waals surface area (Å²) in [5, 5.41) is 4.72. The third kappa shape index (κ3) is 5.77. The summed E-state index contributed by atoms with van der Waals surface area (Å²) in [7, 11) is -3.75. The number of carbonyl (C=O) groups excluding carboxylic acids is 3. The number of nitrogens with zero attached hydrogens (tertiary/aromatic N) is 1. The fourth-order valence-corrected chi connectivity index (χ4v) is 4.12. The van der Waals surface area contributed by atoms with Gasteiger partial charge in [0, 0.05) is 19.1 Å². The van der Waals surface area contributed by atoms with Gasteiger partial charge in [-0.15, -0.1) is 0 Å². The third-order valence-corrected chi connectivity index (χ3v) is 6.62. The molecule has 0 heterocycles.